The van der Waals surface area contributed by atoms with E-state index in [2.05, 4.69) is 20.8 Å². The van der Waals surface area contributed by atoms with Crippen molar-refractivity contribution in [2.24, 2.45) is 17.6 Å². The molecule has 0 aromatic carbocycles. The Kier molecular flexibility index (Phi) is 6.45. The lowest BCUT2D eigenvalue weighted by atomic mass is 9.80. The first kappa shape index (κ1) is 14.9. The molecular weight excluding hydrogens is 214 g/mol. The fourth-order valence-corrected chi connectivity index (χ4v) is 2.67. The zero-order valence-electron chi connectivity index (χ0n) is 11.6. The van der Waals surface area contributed by atoms with Gasteiger partial charge in [0.25, 0.3) is 0 Å². The lowest BCUT2D eigenvalue weighted by Gasteiger charge is -2.35. The van der Waals surface area contributed by atoms with Crippen molar-refractivity contribution in [3.63, 3.8) is 0 Å². The lowest BCUT2D eigenvalue weighted by Crippen LogP contribution is -2.43. The van der Waals surface area contributed by atoms with E-state index in [9.17, 15) is 5.11 Å². The van der Waals surface area contributed by atoms with Gasteiger partial charge in [0.1, 0.15) is 0 Å². The molecule has 0 saturated heterocycles. The summed E-state index contributed by atoms with van der Waals surface area (Å²) in [6.07, 6.45) is 5.52. The van der Waals surface area contributed by atoms with Gasteiger partial charge in [-0.25, -0.2) is 0 Å². The molecule has 0 bridgehead atoms. The molecule has 5 atom stereocenters. The highest BCUT2D eigenvalue weighted by Gasteiger charge is 2.28. The van der Waals surface area contributed by atoms with Crippen molar-refractivity contribution in [2.45, 2.75) is 71.1 Å². The van der Waals surface area contributed by atoms with E-state index in [1.165, 1.54) is 6.42 Å². The van der Waals surface area contributed by atoms with Crippen LogP contribution in [0.5, 0.6) is 0 Å². The monoisotopic (exact) mass is 243 g/mol. The molecule has 0 amide bonds. The fraction of sp³-hybridized carbons (Fsp3) is 1.00. The average molecular weight is 243 g/mol. The molecule has 0 aromatic rings. The predicted molar refractivity (Wildman–Crippen MR) is 70.8 cm³/mol. The van der Waals surface area contributed by atoms with Gasteiger partial charge in [0.15, 0.2) is 0 Å². The Morgan fingerprint density at radius 1 is 1.29 bits per heavy atom. The van der Waals surface area contributed by atoms with E-state index < -0.39 is 0 Å². The summed E-state index contributed by atoms with van der Waals surface area (Å²) in [5, 5.41) is 9.37. The molecule has 0 radical (unpaired) electrons. The summed E-state index contributed by atoms with van der Waals surface area (Å²) in [4.78, 5) is 0. The Labute approximate surface area is 106 Å². The molecule has 3 N–H and O–H groups in total. The van der Waals surface area contributed by atoms with Crippen molar-refractivity contribution in [3.8, 4) is 0 Å². The van der Waals surface area contributed by atoms with Gasteiger partial charge in [-0.3, -0.25) is 0 Å². The summed E-state index contributed by atoms with van der Waals surface area (Å²) in [7, 11) is 0. The largest absolute Gasteiger partial charge is 0.394 e. The molecule has 1 saturated carbocycles. The predicted octanol–water partition coefficient (Wildman–Crippen LogP) is 2.32. The number of hydrogen-bond donors (Lipinski definition) is 2. The van der Waals surface area contributed by atoms with Gasteiger partial charge >= 0.3 is 0 Å². The molecule has 0 aromatic heterocycles. The maximum Gasteiger partial charge on any atom is 0.0959 e. The van der Waals surface area contributed by atoms with Crippen LogP contribution in [0, 0.1) is 11.8 Å². The Bertz CT molecular complexity index is 210. The smallest absolute Gasteiger partial charge is 0.0959 e. The third-order valence-electron chi connectivity index (χ3n) is 4.20. The maximum absolute atomic E-state index is 9.37. The SMILES string of the molecule is CCCC(N)C(CO)OC1CCC(C)C(C)C1. The van der Waals surface area contributed by atoms with Crippen molar-refractivity contribution in [2.75, 3.05) is 6.61 Å². The minimum Gasteiger partial charge on any atom is -0.394 e. The van der Waals surface area contributed by atoms with E-state index in [0.717, 1.165) is 37.5 Å². The number of aliphatic hydroxyl groups is 1. The highest BCUT2D eigenvalue weighted by molar-refractivity contribution is 4.79. The first-order chi connectivity index (χ1) is 8.08. The summed E-state index contributed by atoms with van der Waals surface area (Å²) >= 11 is 0. The first-order valence-electron chi connectivity index (χ1n) is 7.10. The van der Waals surface area contributed by atoms with Crippen molar-refractivity contribution >= 4 is 0 Å². The topological polar surface area (TPSA) is 55.5 Å². The molecule has 1 rings (SSSR count). The summed E-state index contributed by atoms with van der Waals surface area (Å²) in [6.45, 7) is 6.76. The van der Waals surface area contributed by atoms with E-state index in [0.29, 0.717) is 6.10 Å². The minimum atomic E-state index is -0.180. The van der Waals surface area contributed by atoms with E-state index in [-0.39, 0.29) is 18.8 Å². The van der Waals surface area contributed by atoms with Gasteiger partial charge in [0, 0.05) is 6.04 Å². The van der Waals surface area contributed by atoms with Crippen LogP contribution in [0.2, 0.25) is 0 Å². The van der Waals surface area contributed by atoms with Gasteiger partial charge in [-0.1, -0.05) is 27.2 Å². The van der Waals surface area contributed by atoms with Crippen molar-refractivity contribution in [1.29, 1.82) is 0 Å². The first-order valence-corrected chi connectivity index (χ1v) is 7.10. The zero-order valence-corrected chi connectivity index (χ0v) is 11.6. The van der Waals surface area contributed by atoms with E-state index in [1.54, 1.807) is 0 Å². The Morgan fingerprint density at radius 3 is 2.53 bits per heavy atom. The molecule has 1 aliphatic carbocycles. The van der Waals surface area contributed by atoms with Gasteiger partial charge in [-0.15, -0.1) is 0 Å². The molecule has 5 unspecified atom stereocenters. The normalized spacial score (nSPS) is 33.4. The van der Waals surface area contributed by atoms with Crippen LogP contribution in [-0.4, -0.2) is 30.0 Å². The Morgan fingerprint density at radius 2 is 2.00 bits per heavy atom. The summed E-state index contributed by atoms with van der Waals surface area (Å²) in [5.74, 6) is 1.52. The van der Waals surface area contributed by atoms with Gasteiger partial charge in [-0.05, 0) is 37.5 Å². The number of nitrogens with two attached hydrogens (primary N) is 1. The van der Waals surface area contributed by atoms with Crippen LogP contribution in [0.1, 0.15) is 52.9 Å². The molecule has 17 heavy (non-hydrogen) atoms. The van der Waals surface area contributed by atoms with Crippen LogP contribution in [-0.2, 0) is 4.74 Å². The maximum atomic E-state index is 9.37. The van der Waals surface area contributed by atoms with Gasteiger partial charge in [-0.2, -0.15) is 0 Å². The van der Waals surface area contributed by atoms with Gasteiger partial charge in [0.2, 0.25) is 0 Å². The molecule has 1 aliphatic rings. The van der Waals surface area contributed by atoms with Crippen LogP contribution in [0.25, 0.3) is 0 Å². The van der Waals surface area contributed by atoms with Crippen LogP contribution >= 0.6 is 0 Å². The second-order valence-corrected chi connectivity index (χ2v) is 5.70. The Balaban J connectivity index is 2.40. The van der Waals surface area contributed by atoms with Crippen LogP contribution in [0.3, 0.4) is 0 Å². The fourth-order valence-electron chi connectivity index (χ4n) is 2.67. The third-order valence-corrected chi connectivity index (χ3v) is 4.20. The highest BCUT2D eigenvalue weighted by Crippen LogP contribution is 2.31. The molecule has 3 heteroatoms. The van der Waals surface area contributed by atoms with E-state index in [4.69, 9.17) is 10.5 Å². The number of ether oxygens (including phenoxy) is 1. The molecule has 1 fully saturated rings. The molecule has 0 spiro atoms. The summed E-state index contributed by atoms with van der Waals surface area (Å²) < 4.78 is 6.00. The zero-order chi connectivity index (χ0) is 12.8. The second kappa shape index (κ2) is 7.34. The number of aliphatic hydroxyl groups excluding tert-OH is 1. The van der Waals surface area contributed by atoms with E-state index >= 15 is 0 Å². The Hall–Kier alpha value is -0.120. The summed E-state index contributed by atoms with van der Waals surface area (Å²) in [6, 6.07) is -0.0281. The van der Waals surface area contributed by atoms with Crippen molar-refractivity contribution < 1.29 is 9.84 Å². The standard InChI is InChI=1S/C14H29NO2/c1-4-5-13(15)14(9-16)17-12-7-6-10(2)11(3)8-12/h10-14,16H,4-9,15H2,1-3H3. The molecule has 0 aliphatic heterocycles. The summed E-state index contributed by atoms with van der Waals surface area (Å²) in [5.41, 5.74) is 6.03. The molecular formula is C14H29NO2. The number of hydrogen-bond acceptors (Lipinski definition) is 3. The highest BCUT2D eigenvalue weighted by atomic mass is 16.5. The van der Waals surface area contributed by atoms with Crippen LogP contribution < -0.4 is 5.73 Å². The van der Waals surface area contributed by atoms with Crippen LogP contribution in [0.4, 0.5) is 0 Å². The minimum absolute atomic E-state index is 0.0281. The van der Waals surface area contributed by atoms with Crippen molar-refractivity contribution in [1.82, 2.24) is 0 Å². The van der Waals surface area contributed by atoms with E-state index in [1.807, 2.05) is 0 Å². The molecule has 102 valence electrons. The van der Waals surface area contributed by atoms with Gasteiger partial charge < -0.3 is 15.6 Å². The van der Waals surface area contributed by atoms with Gasteiger partial charge in [0.05, 0.1) is 18.8 Å². The average Bonchev–Trinajstić information content (AvgIpc) is 2.30. The van der Waals surface area contributed by atoms with Crippen molar-refractivity contribution in [3.05, 3.63) is 0 Å². The number of rotatable bonds is 6. The lowest BCUT2D eigenvalue weighted by molar-refractivity contribution is -0.0772. The molecule has 0 heterocycles. The van der Waals surface area contributed by atoms with Crippen LogP contribution in [0.15, 0.2) is 0 Å². The third kappa shape index (κ3) is 4.57. The second-order valence-electron chi connectivity index (χ2n) is 5.70. The quantitative estimate of drug-likeness (QED) is 0.752. The molecule has 3 nitrogen and oxygen atoms in total.